The molecule has 13 heteroatoms. The first-order valence-corrected chi connectivity index (χ1v) is 14.9. The Labute approximate surface area is 272 Å². The largest absolute Gasteiger partial charge is 0.494 e. The lowest BCUT2D eigenvalue weighted by atomic mass is 10.0. The average Bonchev–Trinajstić information content (AvgIpc) is 3.56. The number of methoxy groups -OCH3 is 1. The highest BCUT2D eigenvalue weighted by atomic mass is 19.1. The van der Waals surface area contributed by atoms with Crippen molar-refractivity contribution in [3.8, 4) is 17.2 Å². The van der Waals surface area contributed by atoms with Gasteiger partial charge in [-0.2, -0.15) is 0 Å². The second kappa shape index (κ2) is 14.9. The van der Waals surface area contributed by atoms with Crippen LogP contribution in [0.1, 0.15) is 18.0 Å². The van der Waals surface area contributed by atoms with E-state index >= 15 is 0 Å². The topological polar surface area (TPSA) is 104 Å². The van der Waals surface area contributed by atoms with Crippen LogP contribution in [0.3, 0.4) is 0 Å². The molecular formula is C34H37F2N7O4. The molecule has 5 rings (SSSR count). The number of nitrogens with zero attached hydrogens (tertiary/aromatic N) is 5. The summed E-state index contributed by atoms with van der Waals surface area (Å²) in [4.78, 5) is 31.3. The van der Waals surface area contributed by atoms with Crippen molar-refractivity contribution >= 4 is 34.6 Å². The SMILES string of the molecule is C=CC(=O)Nc1cc(Nc2cc(N3OCC[C@@H]3c3cccc(Oc4cc(F)ccc4F)c3)ncn2)c(OC)cc1N(C)CCN(C)C. The van der Waals surface area contributed by atoms with Gasteiger partial charge in [0.2, 0.25) is 5.91 Å². The van der Waals surface area contributed by atoms with Crippen LogP contribution in [0.2, 0.25) is 0 Å². The fourth-order valence-electron chi connectivity index (χ4n) is 5.05. The Hall–Kier alpha value is -5.27. The molecule has 0 bridgehead atoms. The molecule has 1 atom stereocenters. The molecule has 0 aliphatic carbocycles. The van der Waals surface area contributed by atoms with Crippen molar-refractivity contribution in [2.75, 3.05) is 68.5 Å². The van der Waals surface area contributed by atoms with E-state index in [1.807, 2.05) is 38.2 Å². The molecule has 1 amide bonds. The number of benzene rings is 3. The molecular weight excluding hydrogens is 608 g/mol. The first-order chi connectivity index (χ1) is 22.6. The molecule has 47 heavy (non-hydrogen) atoms. The van der Waals surface area contributed by atoms with Crippen LogP contribution >= 0.6 is 0 Å². The Balaban J connectivity index is 1.39. The number of rotatable bonds is 13. The van der Waals surface area contributed by atoms with E-state index in [0.717, 1.165) is 36.0 Å². The molecule has 0 spiro atoms. The van der Waals surface area contributed by atoms with E-state index in [1.54, 1.807) is 42.5 Å². The zero-order valence-corrected chi connectivity index (χ0v) is 26.7. The van der Waals surface area contributed by atoms with Gasteiger partial charge in [-0.15, -0.1) is 0 Å². The Morgan fingerprint density at radius 1 is 1.06 bits per heavy atom. The number of anilines is 5. The van der Waals surface area contributed by atoms with Crippen LogP contribution in [-0.2, 0) is 9.63 Å². The van der Waals surface area contributed by atoms with Crippen molar-refractivity contribution < 1.29 is 27.9 Å². The molecule has 246 valence electrons. The van der Waals surface area contributed by atoms with E-state index in [4.69, 9.17) is 14.3 Å². The van der Waals surface area contributed by atoms with Crippen LogP contribution in [0.25, 0.3) is 0 Å². The minimum absolute atomic E-state index is 0.205. The minimum atomic E-state index is -0.665. The summed E-state index contributed by atoms with van der Waals surface area (Å²) >= 11 is 0. The molecule has 0 radical (unpaired) electrons. The number of amides is 1. The predicted octanol–water partition coefficient (Wildman–Crippen LogP) is 6.30. The van der Waals surface area contributed by atoms with Gasteiger partial charge in [-0.3, -0.25) is 9.63 Å². The van der Waals surface area contributed by atoms with Crippen LogP contribution in [0.5, 0.6) is 17.2 Å². The fourth-order valence-corrected chi connectivity index (χ4v) is 5.05. The first-order valence-electron chi connectivity index (χ1n) is 14.9. The van der Waals surface area contributed by atoms with Gasteiger partial charge in [-0.25, -0.2) is 23.8 Å². The van der Waals surface area contributed by atoms with Crippen LogP contribution in [-0.4, -0.2) is 68.7 Å². The summed E-state index contributed by atoms with van der Waals surface area (Å²) in [5.41, 5.74) is 2.74. The van der Waals surface area contributed by atoms with Gasteiger partial charge in [0.1, 0.15) is 29.5 Å². The molecule has 11 nitrogen and oxygen atoms in total. The Kier molecular flexibility index (Phi) is 10.5. The lowest BCUT2D eigenvalue weighted by Gasteiger charge is -2.26. The van der Waals surface area contributed by atoms with Gasteiger partial charge in [-0.05, 0) is 56.1 Å². The van der Waals surface area contributed by atoms with Crippen molar-refractivity contribution in [1.29, 1.82) is 0 Å². The van der Waals surface area contributed by atoms with Crippen LogP contribution < -0.4 is 30.1 Å². The summed E-state index contributed by atoms with van der Waals surface area (Å²) in [6.07, 6.45) is 3.28. The van der Waals surface area contributed by atoms with E-state index in [1.165, 1.54) is 12.4 Å². The number of carbonyl (C=O) groups is 1. The molecule has 4 aromatic rings. The zero-order chi connectivity index (χ0) is 33.5. The highest BCUT2D eigenvalue weighted by Crippen LogP contribution is 2.40. The summed E-state index contributed by atoms with van der Waals surface area (Å²) in [6, 6.07) is 15.3. The highest BCUT2D eigenvalue weighted by molar-refractivity contribution is 6.02. The number of nitrogens with one attached hydrogen (secondary N) is 2. The van der Waals surface area contributed by atoms with E-state index in [-0.39, 0.29) is 17.7 Å². The quantitative estimate of drug-likeness (QED) is 0.161. The third kappa shape index (κ3) is 8.12. The molecule has 0 saturated carbocycles. The maximum absolute atomic E-state index is 14.2. The zero-order valence-electron chi connectivity index (χ0n) is 26.7. The molecule has 0 unspecified atom stereocenters. The van der Waals surface area contributed by atoms with Gasteiger partial charge < -0.3 is 29.9 Å². The molecule has 1 aliphatic rings. The van der Waals surface area contributed by atoms with Gasteiger partial charge >= 0.3 is 0 Å². The highest BCUT2D eigenvalue weighted by Gasteiger charge is 2.30. The summed E-state index contributed by atoms with van der Waals surface area (Å²) in [5, 5.41) is 7.87. The number of likely N-dealkylation sites (N-methyl/N-ethyl adjacent to an activating group) is 2. The maximum Gasteiger partial charge on any atom is 0.247 e. The number of aromatic nitrogens is 2. The number of carbonyl (C=O) groups excluding carboxylic acids is 1. The van der Waals surface area contributed by atoms with Crippen LogP contribution in [0.15, 0.2) is 79.6 Å². The molecule has 1 aromatic heterocycles. The van der Waals surface area contributed by atoms with Gasteiger partial charge in [-0.1, -0.05) is 18.7 Å². The number of hydrogen-bond donors (Lipinski definition) is 2. The molecule has 2 N–H and O–H groups in total. The lowest BCUT2D eigenvalue weighted by molar-refractivity contribution is -0.111. The molecule has 1 fully saturated rings. The third-order valence-corrected chi connectivity index (χ3v) is 7.46. The van der Waals surface area contributed by atoms with Crippen LogP contribution in [0, 0.1) is 11.6 Å². The van der Waals surface area contributed by atoms with Crippen molar-refractivity contribution in [3.05, 3.63) is 96.8 Å². The molecule has 3 aromatic carbocycles. The summed E-state index contributed by atoms with van der Waals surface area (Å²) in [6.45, 7) is 5.53. The van der Waals surface area contributed by atoms with Crippen molar-refractivity contribution in [1.82, 2.24) is 14.9 Å². The minimum Gasteiger partial charge on any atom is -0.494 e. The van der Waals surface area contributed by atoms with E-state index in [2.05, 4.69) is 32.1 Å². The second-order valence-electron chi connectivity index (χ2n) is 11.1. The van der Waals surface area contributed by atoms with Crippen molar-refractivity contribution in [2.24, 2.45) is 0 Å². The summed E-state index contributed by atoms with van der Waals surface area (Å²) < 4.78 is 39.3. The smallest absolute Gasteiger partial charge is 0.247 e. The third-order valence-electron chi connectivity index (χ3n) is 7.46. The van der Waals surface area contributed by atoms with Gasteiger partial charge in [0, 0.05) is 44.8 Å². The Morgan fingerprint density at radius 2 is 1.89 bits per heavy atom. The Bertz CT molecular complexity index is 1740. The monoisotopic (exact) mass is 645 g/mol. The average molecular weight is 646 g/mol. The standard InChI is InChI=1S/C34H37F2N7O4/c1-6-34(44)40-26-18-27(31(45-5)19-29(26)42(4)14-13-41(2)3)39-32-20-33(38-21-37-32)43-28(12-15-46-43)22-8-7-9-24(16-22)47-30-17-23(35)10-11-25(30)36/h6-11,16-21,28H,1,12-15H2,2-5H3,(H,40,44)(H,37,38,39)/t28-/m1/s1. The van der Waals surface area contributed by atoms with E-state index in [0.29, 0.717) is 54.1 Å². The van der Waals surface area contributed by atoms with Gasteiger partial charge in [0.15, 0.2) is 17.4 Å². The molecule has 1 saturated heterocycles. The summed E-state index contributed by atoms with van der Waals surface area (Å²) in [5.74, 6) is 0.0230. The second-order valence-corrected chi connectivity index (χ2v) is 11.1. The normalized spacial score (nSPS) is 14.2. The van der Waals surface area contributed by atoms with Gasteiger partial charge in [0.25, 0.3) is 0 Å². The van der Waals surface area contributed by atoms with E-state index in [9.17, 15) is 13.6 Å². The number of hydroxylamine groups is 1. The summed E-state index contributed by atoms with van der Waals surface area (Å²) in [7, 11) is 7.51. The number of halogens is 2. The van der Waals surface area contributed by atoms with Crippen molar-refractivity contribution in [2.45, 2.75) is 12.5 Å². The van der Waals surface area contributed by atoms with Crippen LogP contribution in [0.4, 0.5) is 37.5 Å². The molecule has 2 heterocycles. The predicted molar refractivity (Wildman–Crippen MR) is 178 cm³/mol. The number of hydrogen-bond acceptors (Lipinski definition) is 10. The maximum atomic E-state index is 14.2. The molecule has 1 aliphatic heterocycles. The number of ether oxygens (including phenoxy) is 2. The van der Waals surface area contributed by atoms with Gasteiger partial charge in [0.05, 0.1) is 36.8 Å². The first kappa shape index (κ1) is 33.1. The lowest BCUT2D eigenvalue weighted by Crippen LogP contribution is -2.29. The fraction of sp³-hybridized carbons (Fsp3) is 0.265. The van der Waals surface area contributed by atoms with Crippen molar-refractivity contribution in [3.63, 3.8) is 0 Å². The van der Waals surface area contributed by atoms with E-state index < -0.39 is 11.6 Å². The Morgan fingerprint density at radius 3 is 2.66 bits per heavy atom.